The van der Waals surface area contributed by atoms with Gasteiger partial charge in [-0.2, -0.15) is 0 Å². The van der Waals surface area contributed by atoms with Crippen LogP contribution in [0.25, 0.3) is 0 Å². The molecule has 0 saturated heterocycles. The van der Waals surface area contributed by atoms with Crippen LogP contribution in [0.3, 0.4) is 0 Å². The van der Waals surface area contributed by atoms with Crippen molar-refractivity contribution >= 4 is 5.91 Å². The van der Waals surface area contributed by atoms with E-state index in [1.165, 1.54) is 0 Å². The normalized spacial score (nSPS) is 16.2. The van der Waals surface area contributed by atoms with Gasteiger partial charge in [0, 0.05) is 19.5 Å². The molecular formula is C10H18N2O. The molecule has 0 aromatic carbocycles. The van der Waals surface area contributed by atoms with Crippen molar-refractivity contribution in [1.29, 1.82) is 0 Å². The third-order valence-electron chi connectivity index (χ3n) is 2.23. The van der Waals surface area contributed by atoms with E-state index in [0.29, 0.717) is 12.3 Å². The monoisotopic (exact) mass is 182 g/mol. The van der Waals surface area contributed by atoms with Crippen LogP contribution in [0.1, 0.15) is 19.3 Å². The van der Waals surface area contributed by atoms with Crippen LogP contribution in [0.4, 0.5) is 0 Å². The van der Waals surface area contributed by atoms with Gasteiger partial charge in [0.25, 0.3) is 0 Å². The quantitative estimate of drug-likeness (QED) is 0.514. The van der Waals surface area contributed by atoms with Gasteiger partial charge in [0.15, 0.2) is 0 Å². The summed E-state index contributed by atoms with van der Waals surface area (Å²) in [5.41, 5.74) is 0. The summed E-state index contributed by atoms with van der Waals surface area (Å²) < 4.78 is 0. The van der Waals surface area contributed by atoms with E-state index >= 15 is 0 Å². The maximum absolute atomic E-state index is 11.5. The molecule has 0 bridgehead atoms. The highest BCUT2D eigenvalue weighted by Crippen LogP contribution is 2.04. The molecule has 0 atom stereocenters. The first-order valence-corrected chi connectivity index (χ1v) is 4.92. The highest BCUT2D eigenvalue weighted by Gasteiger charge is 2.12. The number of nitrogens with zero attached hydrogens (tertiary/aromatic N) is 1. The lowest BCUT2D eigenvalue weighted by atomic mass is 10.2. The van der Waals surface area contributed by atoms with Gasteiger partial charge in [0.05, 0.1) is 0 Å². The second-order valence-corrected chi connectivity index (χ2v) is 3.31. The number of nitrogens with one attached hydrogen (secondary N) is 1. The Balaban J connectivity index is 2.18. The van der Waals surface area contributed by atoms with Crippen molar-refractivity contribution in [3.8, 4) is 0 Å². The summed E-state index contributed by atoms with van der Waals surface area (Å²) in [7, 11) is 1.91. The summed E-state index contributed by atoms with van der Waals surface area (Å²) in [5.74, 6) is 0.291. The van der Waals surface area contributed by atoms with E-state index in [-0.39, 0.29) is 0 Å². The predicted octanol–water partition coefficient (Wildman–Crippen LogP) is 0.774. The number of amides is 1. The molecule has 3 heteroatoms. The van der Waals surface area contributed by atoms with Gasteiger partial charge in [-0.15, -0.1) is 0 Å². The van der Waals surface area contributed by atoms with Crippen molar-refractivity contribution in [2.24, 2.45) is 0 Å². The molecule has 13 heavy (non-hydrogen) atoms. The molecule has 0 spiro atoms. The molecule has 0 aliphatic carbocycles. The fourth-order valence-corrected chi connectivity index (χ4v) is 1.44. The lowest BCUT2D eigenvalue weighted by Crippen LogP contribution is -2.33. The fraction of sp³-hybridized carbons (Fsp3) is 0.700. The van der Waals surface area contributed by atoms with Crippen molar-refractivity contribution in [3.05, 3.63) is 12.2 Å². The second-order valence-electron chi connectivity index (χ2n) is 3.31. The Bertz CT molecular complexity index is 189. The second kappa shape index (κ2) is 5.75. The van der Waals surface area contributed by atoms with E-state index in [1.807, 2.05) is 11.9 Å². The Hall–Kier alpha value is -0.830. The highest BCUT2D eigenvalue weighted by atomic mass is 16.2. The third-order valence-corrected chi connectivity index (χ3v) is 2.23. The van der Waals surface area contributed by atoms with Crippen LogP contribution in [-0.4, -0.2) is 37.5 Å². The van der Waals surface area contributed by atoms with Gasteiger partial charge in [0.2, 0.25) is 5.91 Å². The first kappa shape index (κ1) is 10.3. The maximum atomic E-state index is 11.5. The Morgan fingerprint density at radius 1 is 1.54 bits per heavy atom. The molecule has 1 aliphatic rings. The minimum absolute atomic E-state index is 0.291. The average molecular weight is 182 g/mol. The molecule has 0 radical (unpaired) electrons. The molecule has 0 fully saturated rings. The standard InChI is InChI=1S/C10H18N2O/c1-11-7-5-6-10(13)12-8-3-2-4-9-12/h2-3,11H,4-9H2,1H3. The molecule has 1 amide bonds. The third kappa shape index (κ3) is 3.59. The van der Waals surface area contributed by atoms with Gasteiger partial charge in [-0.3, -0.25) is 4.79 Å². The zero-order valence-corrected chi connectivity index (χ0v) is 8.25. The Morgan fingerprint density at radius 3 is 3.00 bits per heavy atom. The van der Waals surface area contributed by atoms with Crippen molar-refractivity contribution in [2.75, 3.05) is 26.7 Å². The van der Waals surface area contributed by atoms with Gasteiger partial charge in [-0.1, -0.05) is 12.2 Å². The van der Waals surface area contributed by atoms with Crippen LogP contribution >= 0.6 is 0 Å². The number of hydrogen-bond acceptors (Lipinski definition) is 2. The topological polar surface area (TPSA) is 32.3 Å². The predicted molar refractivity (Wildman–Crippen MR) is 53.5 cm³/mol. The molecule has 1 heterocycles. The first-order valence-electron chi connectivity index (χ1n) is 4.92. The summed E-state index contributed by atoms with van der Waals surface area (Å²) >= 11 is 0. The lowest BCUT2D eigenvalue weighted by Gasteiger charge is -2.23. The number of hydrogen-bond donors (Lipinski definition) is 1. The molecular weight excluding hydrogens is 164 g/mol. The van der Waals surface area contributed by atoms with Gasteiger partial charge < -0.3 is 10.2 Å². The van der Waals surface area contributed by atoms with Gasteiger partial charge in [0.1, 0.15) is 0 Å². The fourth-order valence-electron chi connectivity index (χ4n) is 1.44. The van der Waals surface area contributed by atoms with E-state index in [2.05, 4.69) is 17.5 Å². The highest BCUT2D eigenvalue weighted by molar-refractivity contribution is 5.76. The maximum Gasteiger partial charge on any atom is 0.222 e. The Kier molecular flexibility index (Phi) is 4.54. The number of rotatable bonds is 4. The van der Waals surface area contributed by atoms with Gasteiger partial charge in [-0.05, 0) is 26.4 Å². The molecule has 0 aromatic heterocycles. The van der Waals surface area contributed by atoms with Crippen LogP contribution in [0.5, 0.6) is 0 Å². The SMILES string of the molecule is CNCCCC(=O)N1CC=CCC1. The lowest BCUT2D eigenvalue weighted by molar-refractivity contribution is -0.130. The van der Waals surface area contributed by atoms with Gasteiger partial charge in [-0.25, -0.2) is 0 Å². The van der Waals surface area contributed by atoms with E-state index in [0.717, 1.165) is 32.5 Å². The molecule has 1 rings (SSSR count). The minimum atomic E-state index is 0.291. The Morgan fingerprint density at radius 2 is 2.38 bits per heavy atom. The summed E-state index contributed by atoms with van der Waals surface area (Å²) in [5, 5.41) is 3.04. The molecule has 0 aromatic rings. The van der Waals surface area contributed by atoms with Crippen LogP contribution in [-0.2, 0) is 4.79 Å². The molecule has 74 valence electrons. The van der Waals surface area contributed by atoms with Crippen molar-refractivity contribution in [1.82, 2.24) is 10.2 Å². The van der Waals surface area contributed by atoms with E-state index in [9.17, 15) is 4.79 Å². The smallest absolute Gasteiger partial charge is 0.222 e. The molecule has 3 nitrogen and oxygen atoms in total. The van der Waals surface area contributed by atoms with E-state index in [4.69, 9.17) is 0 Å². The summed E-state index contributed by atoms with van der Waals surface area (Å²) in [4.78, 5) is 13.5. The zero-order chi connectivity index (χ0) is 9.52. The molecule has 1 N–H and O–H groups in total. The van der Waals surface area contributed by atoms with Crippen molar-refractivity contribution in [2.45, 2.75) is 19.3 Å². The van der Waals surface area contributed by atoms with Crippen LogP contribution in [0, 0.1) is 0 Å². The molecule has 1 aliphatic heterocycles. The molecule has 0 saturated carbocycles. The minimum Gasteiger partial charge on any atom is -0.339 e. The van der Waals surface area contributed by atoms with Crippen molar-refractivity contribution < 1.29 is 4.79 Å². The van der Waals surface area contributed by atoms with Crippen molar-refractivity contribution in [3.63, 3.8) is 0 Å². The Labute approximate surface area is 79.8 Å². The first-order chi connectivity index (χ1) is 6.34. The van der Waals surface area contributed by atoms with Crippen LogP contribution in [0.2, 0.25) is 0 Å². The van der Waals surface area contributed by atoms with Crippen LogP contribution in [0.15, 0.2) is 12.2 Å². The average Bonchev–Trinajstić information content (AvgIpc) is 2.19. The van der Waals surface area contributed by atoms with Crippen LogP contribution < -0.4 is 5.32 Å². The van der Waals surface area contributed by atoms with E-state index < -0.39 is 0 Å². The molecule has 0 unspecified atom stereocenters. The zero-order valence-electron chi connectivity index (χ0n) is 8.25. The van der Waals surface area contributed by atoms with Gasteiger partial charge >= 0.3 is 0 Å². The number of carbonyl (C=O) groups excluding carboxylic acids is 1. The largest absolute Gasteiger partial charge is 0.339 e. The number of carbonyl (C=O) groups is 1. The summed E-state index contributed by atoms with van der Waals surface area (Å²) in [6.07, 6.45) is 6.83. The summed E-state index contributed by atoms with van der Waals surface area (Å²) in [6.45, 7) is 2.63. The van der Waals surface area contributed by atoms with E-state index in [1.54, 1.807) is 0 Å². The summed E-state index contributed by atoms with van der Waals surface area (Å²) in [6, 6.07) is 0.